The van der Waals surface area contributed by atoms with E-state index in [1.807, 2.05) is 17.9 Å². The van der Waals surface area contributed by atoms with E-state index in [9.17, 15) is 0 Å². The van der Waals surface area contributed by atoms with Crippen LogP contribution in [0.1, 0.15) is 18.9 Å². The number of likely N-dealkylation sites (tertiary alicyclic amines) is 1. The van der Waals surface area contributed by atoms with Gasteiger partial charge in [0.2, 0.25) is 0 Å². The van der Waals surface area contributed by atoms with Crippen LogP contribution in [-0.2, 0) is 13.6 Å². The lowest BCUT2D eigenvalue weighted by atomic mass is 9.88. The zero-order valence-electron chi connectivity index (χ0n) is 8.90. The summed E-state index contributed by atoms with van der Waals surface area (Å²) in [6.45, 7) is 5.16. The summed E-state index contributed by atoms with van der Waals surface area (Å²) < 4.78 is 1.84. The van der Waals surface area contributed by atoms with Crippen molar-refractivity contribution in [3.05, 3.63) is 18.0 Å². The van der Waals surface area contributed by atoms with E-state index in [2.05, 4.69) is 23.1 Å². The average molecular weight is 194 g/mol. The molecule has 0 radical (unpaired) electrons. The Labute approximate surface area is 84.7 Å². The Morgan fingerprint density at radius 2 is 2.29 bits per heavy atom. The Balaban J connectivity index is 1.85. The molecule has 0 aromatic carbocycles. The normalized spacial score (nSPS) is 20.8. The second-order valence-electron chi connectivity index (χ2n) is 4.38. The van der Waals surface area contributed by atoms with E-state index in [1.54, 1.807) is 0 Å². The molecule has 0 spiro atoms. The van der Waals surface area contributed by atoms with Gasteiger partial charge >= 0.3 is 0 Å². The van der Waals surface area contributed by atoms with E-state index >= 15 is 0 Å². The first kappa shape index (κ1) is 9.68. The maximum absolute atomic E-state index is 6.09. The molecule has 0 unspecified atom stereocenters. The fraction of sp³-hybridized carbons (Fsp3) is 0.700. The number of rotatable bonds is 3. The van der Waals surface area contributed by atoms with Gasteiger partial charge in [-0.05, 0) is 6.42 Å². The molecule has 1 saturated heterocycles. The van der Waals surface area contributed by atoms with Crippen molar-refractivity contribution >= 4 is 0 Å². The Bertz CT molecular complexity index is 312. The van der Waals surface area contributed by atoms with Gasteiger partial charge in [0.05, 0.1) is 6.20 Å². The highest BCUT2D eigenvalue weighted by Crippen LogP contribution is 2.22. The minimum absolute atomic E-state index is 0.0716. The molecule has 0 atom stereocenters. The standard InChI is InChI=1S/C10H18N4/c1-3-10(11)7-14(8-10)6-9-4-12-13(2)5-9/h4-5H,3,6-8,11H2,1-2H3. The Morgan fingerprint density at radius 3 is 2.79 bits per heavy atom. The van der Waals surface area contributed by atoms with Gasteiger partial charge in [0.1, 0.15) is 0 Å². The van der Waals surface area contributed by atoms with Crippen molar-refractivity contribution in [2.75, 3.05) is 13.1 Å². The summed E-state index contributed by atoms with van der Waals surface area (Å²) in [5.41, 5.74) is 7.43. The summed E-state index contributed by atoms with van der Waals surface area (Å²) in [5.74, 6) is 0. The number of nitrogens with zero attached hydrogens (tertiary/aromatic N) is 3. The summed E-state index contributed by atoms with van der Waals surface area (Å²) in [6, 6.07) is 0. The van der Waals surface area contributed by atoms with Crippen molar-refractivity contribution in [2.24, 2.45) is 12.8 Å². The largest absolute Gasteiger partial charge is 0.323 e. The van der Waals surface area contributed by atoms with Crippen molar-refractivity contribution in [2.45, 2.75) is 25.4 Å². The van der Waals surface area contributed by atoms with Crippen molar-refractivity contribution in [1.82, 2.24) is 14.7 Å². The predicted molar refractivity (Wildman–Crippen MR) is 55.7 cm³/mol. The van der Waals surface area contributed by atoms with Crippen LogP contribution < -0.4 is 5.73 Å². The monoisotopic (exact) mass is 194 g/mol. The maximum atomic E-state index is 6.09. The number of aromatic nitrogens is 2. The van der Waals surface area contributed by atoms with E-state index in [0.717, 1.165) is 26.1 Å². The molecule has 4 heteroatoms. The van der Waals surface area contributed by atoms with Crippen LogP contribution in [0.5, 0.6) is 0 Å². The number of hydrogen-bond acceptors (Lipinski definition) is 3. The topological polar surface area (TPSA) is 47.1 Å². The quantitative estimate of drug-likeness (QED) is 0.755. The van der Waals surface area contributed by atoms with E-state index in [0.29, 0.717) is 0 Å². The summed E-state index contributed by atoms with van der Waals surface area (Å²) in [5, 5.41) is 4.14. The van der Waals surface area contributed by atoms with Crippen molar-refractivity contribution in [3.8, 4) is 0 Å². The predicted octanol–water partition coefficient (Wildman–Crippen LogP) is 0.343. The molecule has 14 heavy (non-hydrogen) atoms. The molecule has 78 valence electrons. The van der Waals surface area contributed by atoms with Crippen LogP contribution in [0.15, 0.2) is 12.4 Å². The van der Waals surface area contributed by atoms with Crippen LogP contribution in [-0.4, -0.2) is 33.3 Å². The first-order valence-corrected chi connectivity index (χ1v) is 5.10. The molecular formula is C10H18N4. The van der Waals surface area contributed by atoms with Gasteiger partial charge in [-0.25, -0.2) is 0 Å². The highest BCUT2D eigenvalue weighted by molar-refractivity contribution is 5.07. The molecule has 1 aliphatic heterocycles. The van der Waals surface area contributed by atoms with Gasteiger partial charge in [0.15, 0.2) is 0 Å². The van der Waals surface area contributed by atoms with Gasteiger partial charge < -0.3 is 5.73 Å². The molecule has 0 amide bonds. The highest BCUT2D eigenvalue weighted by atomic mass is 15.3. The lowest BCUT2D eigenvalue weighted by Crippen LogP contribution is -2.66. The molecule has 1 aromatic heterocycles. The summed E-state index contributed by atoms with van der Waals surface area (Å²) in [6.07, 6.45) is 5.04. The zero-order valence-corrected chi connectivity index (χ0v) is 8.90. The lowest BCUT2D eigenvalue weighted by molar-refractivity contribution is 0.0607. The van der Waals surface area contributed by atoms with Crippen LogP contribution in [0, 0.1) is 0 Å². The van der Waals surface area contributed by atoms with Crippen molar-refractivity contribution in [3.63, 3.8) is 0 Å². The van der Waals surface area contributed by atoms with Gasteiger partial charge in [-0.3, -0.25) is 9.58 Å². The van der Waals surface area contributed by atoms with Gasteiger partial charge in [-0.2, -0.15) is 5.10 Å². The maximum Gasteiger partial charge on any atom is 0.0534 e. The molecule has 2 heterocycles. The minimum atomic E-state index is 0.0716. The molecule has 2 rings (SSSR count). The summed E-state index contributed by atoms with van der Waals surface area (Å²) in [4.78, 5) is 2.36. The van der Waals surface area contributed by atoms with Crippen LogP contribution in [0.3, 0.4) is 0 Å². The average Bonchev–Trinajstić information content (AvgIpc) is 2.48. The Morgan fingerprint density at radius 1 is 1.57 bits per heavy atom. The number of aryl methyl sites for hydroxylation is 1. The molecule has 0 bridgehead atoms. The van der Waals surface area contributed by atoms with Crippen molar-refractivity contribution in [1.29, 1.82) is 0 Å². The highest BCUT2D eigenvalue weighted by Gasteiger charge is 2.37. The van der Waals surface area contributed by atoms with Gasteiger partial charge in [-0.1, -0.05) is 6.92 Å². The van der Waals surface area contributed by atoms with Gasteiger partial charge in [0, 0.05) is 44.0 Å². The third kappa shape index (κ3) is 1.81. The first-order valence-electron chi connectivity index (χ1n) is 5.10. The van der Waals surface area contributed by atoms with E-state index in [-0.39, 0.29) is 5.54 Å². The lowest BCUT2D eigenvalue weighted by Gasteiger charge is -2.47. The Kier molecular flexibility index (Phi) is 2.33. The van der Waals surface area contributed by atoms with Crippen molar-refractivity contribution < 1.29 is 0 Å². The second kappa shape index (κ2) is 3.37. The molecule has 0 saturated carbocycles. The third-order valence-electron chi connectivity index (χ3n) is 2.95. The molecule has 2 N–H and O–H groups in total. The van der Waals surface area contributed by atoms with E-state index in [4.69, 9.17) is 5.73 Å². The second-order valence-corrected chi connectivity index (χ2v) is 4.38. The number of hydrogen-bond donors (Lipinski definition) is 1. The first-order chi connectivity index (χ1) is 6.61. The molecular weight excluding hydrogens is 176 g/mol. The zero-order chi connectivity index (χ0) is 10.2. The smallest absolute Gasteiger partial charge is 0.0534 e. The van der Waals surface area contributed by atoms with Crippen LogP contribution in [0.4, 0.5) is 0 Å². The molecule has 1 aromatic rings. The third-order valence-corrected chi connectivity index (χ3v) is 2.95. The Hall–Kier alpha value is -0.870. The SMILES string of the molecule is CCC1(N)CN(Cc2cnn(C)c2)C1. The molecule has 1 fully saturated rings. The van der Waals surface area contributed by atoms with Gasteiger partial charge in [0.25, 0.3) is 0 Å². The molecule has 4 nitrogen and oxygen atoms in total. The van der Waals surface area contributed by atoms with Gasteiger partial charge in [-0.15, -0.1) is 0 Å². The molecule has 0 aliphatic carbocycles. The van der Waals surface area contributed by atoms with E-state index < -0.39 is 0 Å². The van der Waals surface area contributed by atoms with Crippen LogP contribution in [0.2, 0.25) is 0 Å². The number of nitrogens with two attached hydrogens (primary N) is 1. The minimum Gasteiger partial charge on any atom is -0.323 e. The van der Waals surface area contributed by atoms with Crippen LogP contribution in [0.25, 0.3) is 0 Å². The van der Waals surface area contributed by atoms with Crippen LogP contribution >= 0.6 is 0 Å². The molecule has 1 aliphatic rings. The fourth-order valence-corrected chi connectivity index (χ4v) is 1.99. The van der Waals surface area contributed by atoms with E-state index in [1.165, 1.54) is 5.56 Å². The summed E-state index contributed by atoms with van der Waals surface area (Å²) >= 11 is 0. The fourth-order valence-electron chi connectivity index (χ4n) is 1.99. The summed E-state index contributed by atoms with van der Waals surface area (Å²) in [7, 11) is 1.94.